The van der Waals surface area contributed by atoms with Crippen LogP contribution in [0.1, 0.15) is 40.5 Å². The van der Waals surface area contributed by atoms with Gasteiger partial charge in [0.25, 0.3) is 0 Å². The molecule has 3 heterocycles. The Balaban J connectivity index is -0.000000880. The van der Waals surface area contributed by atoms with E-state index in [4.69, 9.17) is 0 Å². The lowest BCUT2D eigenvalue weighted by Gasteiger charge is -2.31. The van der Waals surface area contributed by atoms with Crippen LogP contribution in [-0.4, -0.2) is 113 Å². The van der Waals surface area contributed by atoms with Crippen LogP contribution in [0.3, 0.4) is 0 Å². The van der Waals surface area contributed by atoms with E-state index in [1.54, 1.807) is 0 Å². The Morgan fingerprint density at radius 1 is 0.440 bits per heavy atom. The highest BCUT2D eigenvalue weighted by molar-refractivity contribution is 8.13. The van der Waals surface area contributed by atoms with Crippen LogP contribution in [0.5, 0.6) is 0 Å². The molecule has 0 atom stereocenters. The number of imidazole rings is 3. The SMILES string of the molecule is CCCCn1cc[n+](C)c1.CCOS(=O)(=O)[O-].CCn1cc[n+](C)c1.CCn1cc[n+](C)c1.O=S(=O)([N-]S(=O)(=O)C(F)(F)C(F)(F)F)C(F)(F)C(F)(F)F.O=S(=O)([N-]S(=O)(=O)C(F)(F)C(F)(F)F)C(F)(F)C(F)(F)F. The van der Waals surface area contributed by atoms with Gasteiger partial charge in [-0.1, -0.05) is 13.3 Å². The summed E-state index contributed by atoms with van der Waals surface area (Å²) in [6.07, 6.45) is -6.90. The molecule has 45 heteroatoms. The Morgan fingerprint density at radius 3 is 0.787 bits per heavy atom. The van der Waals surface area contributed by atoms with Crippen molar-refractivity contribution in [2.45, 2.75) is 106 Å². The number of rotatable bonds is 15. The van der Waals surface area contributed by atoms with Crippen LogP contribution in [-0.2, 0) is 95.5 Å². The first-order valence-corrected chi connectivity index (χ1v) is 25.9. The predicted molar refractivity (Wildman–Crippen MR) is 211 cm³/mol. The van der Waals surface area contributed by atoms with Crippen LogP contribution in [0, 0.1) is 0 Å². The van der Waals surface area contributed by atoms with Gasteiger partial charge in [0.15, 0.2) is 40.1 Å². The van der Waals surface area contributed by atoms with Crippen molar-refractivity contribution in [1.82, 2.24) is 13.7 Å². The van der Waals surface area contributed by atoms with Crippen molar-refractivity contribution >= 4 is 50.5 Å². The van der Waals surface area contributed by atoms with Gasteiger partial charge in [-0.3, -0.25) is 4.18 Å². The fourth-order valence-corrected chi connectivity index (χ4v) is 8.55. The third-order valence-corrected chi connectivity index (χ3v) is 14.4. The van der Waals surface area contributed by atoms with Gasteiger partial charge in [-0.25, -0.2) is 69.5 Å². The molecule has 0 aliphatic carbocycles. The van der Waals surface area contributed by atoms with E-state index in [2.05, 4.69) is 87.0 Å². The fourth-order valence-electron chi connectivity index (χ4n) is 3.53. The summed E-state index contributed by atoms with van der Waals surface area (Å²) in [6.45, 7) is 11.1. The van der Waals surface area contributed by atoms with Gasteiger partial charge in [0.1, 0.15) is 37.2 Å². The number of aromatic nitrogens is 6. The molecule has 0 fully saturated rings. The first-order valence-electron chi connectivity index (χ1n) is 18.8. The second-order valence-electron chi connectivity index (χ2n) is 13.4. The molecule has 3 aromatic rings. The predicted octanol–water partition coefficient (Wildman–Crippen LogP) is 5.92. The molecule has 20 nitrogen and oxygen atoms in total. The number of halogens is 20. The summed E-state index contributed by atoms with van der Waals surface area (Å²) < 4.78 is 367. The first-order chi connectivity index (χ1) is 33.0. The minimum atomic E-state index is -7.62. The van der Waals surface area contributed by atoms with E-state index in [1.165, 1.54) is 19.8 Å². The topological polar surface area (TPSA) is 258 Å². The van der Waals surface area contributed by atoms with Crippen molar-refractivity contribution in [2.24, 2.45) is 21.1 Å². The van der Waals surface area contributed by atoms with Crippen LogP contribution in [0.25, 0.3) is 8.25 Å². The quantitative estimate of drug-likeness (QED) is 0.0744. The number of alkyl halides is 20. The Hall–Kier alpha value is -4.18. The van der Waals surface area contributed by atoms with Crippen LogP contribution in [0.4, 0.5) is 87.8 Å². The Labute approximate surface area is 413 Å². The van der Waals surface area contributed by atoms with Crippen LogP contribution in [0.15, 0.2) is 56.2 Å². The van der Waals surface area contributed by atoms with E-state index >= 15 is 0 Å². The molecule has 3 aromatic heterocycles. The molecule has 0 aromatic carbocycles. The van der Waals surface area contributed by atoms with Gasteiger partial charge in [-0.05, 0) is 27.2 Å². The average Bonchev–Trinajstić information content (AvgIpc) is 3.95. The van der Waals surface area contributed by atoms with Crippen molar-refractivity contribution in [2.75, 3.05) is 6.61 Å². The lowest BCUT2D eigenvalue weighted by atomic mass is 10.3. The van der Waals surface area contributed by atoms with Crippen molar-refractivity contribution in [3.63, 3.8) is 0 Å². The minimum Gasteiger partial charge on any atom is -0.726 e. The lowest BCUT2D eigenvalue weighted by Crippen LogP contribution is -2.48. The smallest absolute Gasteiger partial charge is 0.467 e. The molecule has 0 amide bonds. The van der Waals surface area contributed by atoms with E-state index in [0.29, 0.717) is 8.25 Å². The maximum Gasteiger partial charge on any atom is 0.467 e. The van der Waals surface area contributed by atoms with Crippen molar-refractivity contribution in [1.29, 1.82) is 0 Å². The minimum absolute atomic E-state index is 0.0914. The van der Waals surface area contributed by atoms with Gasteiger partial charge in [-0.2, -0.15) is 87.8 Å². The van der Waals surface area contributed by atoms with Crippen molar-refractivity contribution in [3.05, 3.63) is 64.4 Å². The normalized spacial score (nSPS) is 13.5. The molecule has 0 N–H and O–H groups in total. The molecule has 0 saturated carbocycles. The van der Waals surface area contributed by atoms with E-state index < -0.39 is 96.2 Å². The molecule has 75 heavy (non-hydrogen) atoms. The molecule has 0 saturated heterocycles. The molecule has 3 rings (SSSR count). The van der Waals surface area contributed by atoms with E-state index in [-0.39, 0.29) is 6.61 Å². The molecule has 0 radical (unpaired) electrons. The highest BCUT2D eigenvalue weighted by atomic mass is 32.3. The molecule has 0 unspecified atom stereocenters. The Bertz CT molecular complexity index is 2540. The average molecular weight is 1250 g/mol. The lowest BCUT2D eigenvalue weighted by molar-refractivity contribution is -0.671. The zero-order valence-corrected chi connectivity index (χ0v) is 42.6. The van der Waals surface area contributed by atoms with Crippen molar-refractivity contribution in [3.8, 4) is 0 Å². The Kier molecular flexibility index (Phi) is 27.4. The van der Waals surface area contributed by atoms with E-state index in [9.17, 15) is 134 Å². The number of nitrogens with zero attached hydrogens (tertiary/aromatic N) is 8. The first kappa shape index (κ1) is 75.1. The number of aryl methyl sites for hydroxylation is 6. The summed E-state index contributed by atoms with van der Waals surface area (Å²) in [4.78, 5) is 0. The summed E-state index contributed by atoms with van der Waals surface area (Å²) in [6, 6.07) is 0. The molecule has 0 aliphatic heterocycles. The second-order valence-corrected chi connectivity index (χ2v) is 21.5. The zero-order valence-electron chi connectivity index (χ0n) is 38.5. The molecule has 0 bridgehead atoms. The summed E-state index contributed by atoms with van der Waals surface area (Å²) in [7, 11) is -28.8. The van der Waals surface area contributed by atoms with Crippen LogP contribution >= 0.6 is 0 Å². The highest BCUT2D eigenvalue weighted by Gasteiger charge is 2.69. The van der Waals surface area contributed by atoms with Gasteiger partial charge in [0, 0.05) is 0 Å². The largest absolute Gasteiger partial charge is 0.726 e. The van der Waals surface area contributed by atoms with E-state index in [1.807, 2.05) is 42.7 Å². The maximum atomic E-state index is 12.3. The zero-order chi connectivity index (χ0) is 60.7. The monoisotopic (exact) mass is 1250 g/mol. The summed E-state index contributed by atoms with van der Waals surface area (Å²) in [5.41, 5.74) is 0. The van der Waals surface area contributed by atoms with Gasteiger partial charge < -0.3 is 12.8 Å². The molecule has 0 aliphatic rings. The third-order valence-electron chi connectivity index (χ3n) is 7.24. The number of sulfonamides is 4. The Morgan fingerprint density at radius 2 is 0.667 bits per heavy atom. The molecular weight excluding hydrogens is 1200 g/mol. The van der Waals surface area contributed by atoms with Gasteiger partial charge >= 0.3 is 45.7 Å². The van der Waals surface area contributed by atoms with Gasteiger partial charge in [-0.15, -0.1) is 0 Å². The van der Waals surface area contributed by atoms with Crippen LogP contribution < -0.4 is 13.7 Å². The third kappa shape index (κ3) is 22.7. The van der Waals surface area contributed by atoms with Gasteiger partial charge in [0.2, 0.25) is 29.4 Å². The summed E-state index contributed by atoms with van der Waals surface area (Å²) in [5, 5.41) is -28.0. The van der Waals surface area contributed by atoms with Crippen LogP contribution in [0.2, 0.25) is 0 Å². The molecule has 0 spiro atoms. The summed E-state index contributed by atoms with van der Waals surface area (Å²) >= 11 is 0. The molecular formula is C30H42F20N8O12S5. The second kappa shape index (κ2) is 27.4. The van der Waals surface area contributed by atoms with E-state index in [0.717, 1.165) is 19.6 Å². The number of hydrogen-bond acceptors (Lipinski definition) is 12. The fraction of sp³-hybridized carbons (Fsp3) is 0.700. The maximum absolute atomic E-state index is 12.3. The summed E-state index contributed by atoms with van der Waals surface area (Å²) in [5.74, 6) is 0. The standard InChI is InChI=1S/C8H15N2.2C6H11N2.2C4F10NO4S2.C2H6O4S/c1-3-4-5-10-7-6-9(2)8-10;2*1-3-8-5-4-7(2)6-8;2*5-1(6,7)3(11,12)20(16,17)15-21(18,19)4(13,14)2(8,9)10;1-2-6-7(3,4)5/h6-8H,3-5H2,1-2H3;2*4-6H,3H2,1-2H3;;;2H2,1H3,(H,3,4,5)/q3*+1;2*-1;/p-1. The highest BCUT2D eigenvalue weighted by Crippen LogP contribution is 2.49. The van der Waals surface area contributed by atoms with Crippen molar-refractivity contribution < 1.29 is 152 Å². The number of hydrogen-bond donors (Lipinski definition) is 0. The molecule has 444 valence electrons. The number of unbranched alkanes of at least 4 members (excludes halogenated alkanes) is 1. The van der Waals surface area contributed by atoms with Gasteiger partial charge in [0.05, 0.1) is 47.4 Å².